The molecule has 0 saturated carbocycles. The number of methoxy groups -OCH3 is 1. The predicted molar refractivity (Wildman–Crippen MR) is 108 cm³/mol. The molecular weight excluding hydrogens is 378 g/mol. The van der Waals surface area contributed by atoms with E-state index in [1.807, 2.05) is 0 Å². The van der Waals surface area contributed by atoms with E-state index in [9.17, 15) is 9.59 Å². The first kappa shape index (κ1) is 21.2. The van der Waals surface area contributed by atoms with Crippen molar-refractivity contribution in [3.63, 3.8) is 0 Å². The number of piperidine rings is 1. The van der Waals surface area contributed by atoms with Crippen molar-refractivity contribution in [1.82, 2.24) is 20.1 Å². The lowest BCUT2D eigenvalue weighted by Crippen LogP contribution is -2.50. The van der Waals surface area contributed by atoms with Crippen molar-refractivity contribution in [2.75, 3.05) is 39.9 Å². The molecule has 3 heterocycles. The van der Waals surface area contributed by atoms with E-state index >= 15 is 0 Å². The van der Waals surface area contributed by atoms with Gasteiger partial charge < -0.3 is 20.7 Å². The quantitative estimate of drug-likeness (QED) is 0.714. The van der Waals surface area contributed by atoms with Gasteiger partial charge in [0.05, 0.1) is 5.69 Å². The molecule has 1 atom stereocenters. The largest absolute Gasteiger partial charge is 0.375 e. The number of nitrogens with zero attached hydrogens (tertiary/aromatic N) is 3. The highest BCUT2D eigenvalue weighted by atomic mass is 32.1. The molecule has 28 heavy (non-hydrogen) atoms. The van der Waals surface area contributed by atoms with E-state index in [1.165, 1.54) is 18.4 Å². The first-order chi connectivity index (χ1) is 13.3. The van der Waals surface area contributed by atoms with Crippen LogP contribution in [0.1, 0.15) is 47.1 Å². The Labute approximate surface area is 170 Å². The molecule has 3 rings (SSSR count). The smallest absolute Gasteiger partial charge is 0.280 e. The van der Waals surface area contributed by atoms with Crippen molar-refractivity contribution in [3.8, 4) is 0 Å². The van der Waals surface area contributed by atoms with Gasteiger partial charge in [0, 0.05) is 62.7 Å². The summed E-state index contributed by atoms with van der Waals surface area (Å²) >= 11 is 1.47. The summed E-state index contributed by atoms with van der Waals surface area (Å²) < 4.78 is 4.93. The summed E-state index contributed by atoms with van der Waals surface area (Å²) in [6, 6.07) is -0.0457. The minimum atomic E-state index is -0.143. The lowest BCUT2D eigenvalue weighted by molar-refractivity contribution is -0.136. The molecule has 0 aliphatic carbocycles. The van der Waals surface area contributed by atoms with E-state index in [4.69, 9.17) is 10.5 Å². The Hall–Kier alpha value is -1.55. The highest BCUT2D eigenvalue weighted by Gasteiger charge is 2.32. The molecule has 3 N–H and O–H groups in total. The van der Waals surface area contributed by atoms with Crippen molar-refractivity contribution in [2.45, 2.75) is 51.2 Å². The van der Waals surface area contributed by atoms with Gasteiger partial charge in [-0.05, 0) is 26.7 Å². The average molecular weight is 410 g/mol. The van der Waals surface area contributed by atoms with Crippen LogP contribution in [0.25, 0.3) is 0 Å². The molecule has 0 unspecified atom stereocenters. The summed E-state index contributed by atoms with van der Waals surface area (Å²) in [5.74, 6) is -0.177. The molecule has 8 nitrogen and oxygen atoms in total. The van der Waals surface area contributed by atoms with Crippen LogP contribution in [0.15, 0.2) is 0 Å². The number of nitrogens with one attached hydrogen (secondary N) is 1. The first-order valence-electron chi connectivity index (χ1n) is 9.85. The van der Waals surface area contributed by atoms with Crippen molar-refractivity contribution in [1.29, 1.82) is 0 Å². The van der Waals surface area contributed by atoms with Gasteiger partial charge in [-0.2, -0.15) is 0 Å². The van der Waals surface area contributed by atoms with E-state index in [0.717, 1.165) is 42.9 Å². The molecule has 2 aliphatic rings. The Morgan fingerprint density at radius 2 is 2.18 bits per heavy atom. The Balaban J connectivity index is 1.61. The maximum absolute atomic E-state index is 12.7. The number of hydrogen-bond donors (Lipinski definition) is 2. The molecule has 2 aliphatic heterocycles. The molecule has 0 spiro atoms. The predicted octanol–water partition coefficient (Wildman–Crippen LogP) is 0.606. The molecule has 0 aromatic carbocycles. The first-order valence-corrected chi connectivity index (χ1v) is 10.7. The standard InChI is InChI=1S/C19H31N5O3S/c1-19(2,12-20)24-8-6-14-15(10-24)28-18(22-14)17(26)21-13-5-4-7-23(9-13)16(25)11-27-3/h13H,4-12,20H2,1-3H3,(H,21,26)/t13-/m0/s1. The van der Waals surface area contributed by atoms with Crippen LogP contribution >= 0.6 is 11.3 Å². The SMILES string of the molecule is COCC(=O)N1CCC[C@H](NC(=O)c2nc3c(s2)CN(C(C)(C)CN)CC3)C1. The molecule has 1 saturated heterocycles. The number of thiazole rings is 1. The number of carbonyl (C=O) groups excluding carboxylic acids is 2. The summed E-state index contributed by atoms with van der Waals surface area (Å²) in [5, 5.41) is 3.58. The third-order valence-corrected chi connectivity index (χ3v) is 6.74. The summed E-state index contributed by atoms with van der Waals surface area (Å²) in [5.41, 5.74) is 6.87. The van der Waals surface area contributed by atoms with Gasteiger partial charge in [0.1, 0.15) is 6.61 Å². The molecule has 0 bridgehead atoms. The van der Waals surface area contributed by atoms with E-state index < -0.39 is 0 Å². The number of carbonyl (C=O) groups is 2. The lowest BCUT2D eigenvalue weighted by Gasteiger charge is -2.39. The number of aromatic nitrogens is 1. The molecule has 2 amide bonds. The number of rotatable bonds is 6. The van der Waals surface area contributed by atoms with Gasteiger partial charge in [-0.1, -0.05) is 0 Å². The number of amides is 2. The number of ether oxygens (including phenoxy) is 1. The van der Waals surface area contributed by atoms with Gasteiger partial charge in [0.25, 0.3) is 5.91 Å². The van der Waals surface area contributed by atoms with Gasteiger partial charge in [0.15, 0.2) is 5.01 Å². The van der Waals surface area contributed by atoms with Crippen molar-refractivity contribution in [2.24, 2.45) is 5.73 Å². The van der Waals surface area contributed by atoms with Gasteiger partial charge >= 0.3 is 0 Å². The van der Waals surface area contributed by atoms with Crippen LogP contribution in [0.5, 0.6) is 0 Å². The zero-order valence-corrected chi connectivity index (χ0v) is 17.8. The second kappa shape index (κ2) is 8.86. The van der Waals surface area contributed by atoms with Crippen LogP contribution in [0.3, 0.4) is 0 Å². The molecule has 156 valence electrons. The van der Waals surface area contributed by atoms with E-state index in [1.54, 1.807) is 4.90 Å². The molecule has 1 fully saturated rings. The Bertz CT molecular complexity index is 720. The third-order valence-electron chi connectivity index (χ3n) is 5.66. The van der Waals surface area contributed by atoms with Crippen LogP contribution < -0.4 is 11.1 Å². The zero-order chi connectivity index (χ0) is 20.3. The van der Waals surface area contributed by atoms with Crippen LogP contribution in [0, 0.1) is 0 Å². The maximum Gasteiger partial charge on any atom is 0.280 e. The fraction of sp³-hybridized carbons (Fsp3) is 0.737. The van der Waals surface area contributed by atoms with Crippen molar-refractivity contribution >= 4 is 23.2 Å². The molecule has 0 radical (unpaired) electrons. The van der Waals surface area contributed by atoms with Crippen LogP contribution in [-0.2, 0) is 22.5 Å². The Kier molecular flexibility index (Phi) is 6.69. The highest BCUT2D eigenvalue weighted by Crippen LogP contribution is 2.29. The second-order valence-electron chi connectivity index (χ2n) is 8.16. The molecule has 1 aromatic rings. The van der Waals surface area contributed by atoms with E-state index in [-0.39, 0.29) is 30.0 Å². The average Bonchev–Trinajstić information content (AvgIpc) is 3.12. The fourth-order valence-corrected chi connectivity index (χ4v) is 4.75. The summed E-state index contributed by atoms with van der Waals surface area (Å²) in [6.07, 6.45) is 2.58. The second-order valence-corrected chi connectivity index (χ2v) is 9.25. The highest BCUT2D eigenvalue weighted by molar-refractivity contribution is 7.13. The van der Waals surface area contributed by atoms with Gasteiger partial charge in [-0.25, -0.2) is 4.98 Å². The Morgan fingerprint density at radius 3 is 2.89 bits per heavy atom. The van der Waals surface area contributed by atoms with E-state index in [0.29, 0.717) is 24.6 Å². The lowest BCUT2D eigenvalue weighted by atomic mass is 10.00. The molecule has 1 aromatic heterocycles. The van der Waals surface area contributed by atoms with Crippen LogP contribution in [0.4, 0.5) is 0 Å². The number of likely N-dealkylation sites (tertiary alicyclic amines) is 1. The zero-order valence-electron chi connectivity index (χ0n) is 17.0. The van der Waals surface area contributed by atoms with Crippen molar-refractivity contribution in [3.05, 3.63) is 15.6 Å². The Morgan fingerprint density at radius 1 is 1.39 bits per heavy atom. The van der Waals surface area contributed by atoms with Crippen molar-refractivity contribution < 1.29 is 14.3 Å². The summed E-state index contributed by atoms with van der Waals surface area (Å²) in [7, 11) is 1.52. The fourth-order valence-electron chi connectivity index (χ4n) is 3.72. The molecular formula is C19H31N5O3S. The normalized spacial score (nSPS) is 20.7. The summed E-state index contributed by atoms with van der Waals surface area (Å²) in [4.78, 5) is 34.6. The van der Waals surface area contributed by atoms with Gasteiger partial charge in [-0.15, -0.1) is 11.3 Å². The monoisotopic (exact) mass is 409 g/mol. The summed E-state index contributed by atoms with van der Waals surface area (Å²) in [6.45, 7) is 7.89. The minimum absolute atomic E-state index is 0.0335. The third kappa shape index (κ3) is 4.71. The maximum atomic E-state index is 12.7. The topological polar surface area (TPSA) is 101 Å². The number of fused-ring (bicyclic) bond motifs is 1. The van der Waals surface area contributed by atoms with Crippen LogP contribution in [0.2, 0.25) is 0 Å². The number of nitrogens with two attached hydrogens (primary N) is 1. The minimum Gasteiger partial charge on any atom is -0.375 e. The van der Waals surface area contributed by atoms with E-state index in [2.05, 4.69) is 29.0 Å². The van der Waals surface area contributed by atoms with Gasteiger partial charge in [0.2, 0.25) is 5.91 Å². The molecule has 9 heteroatoms. The van der Waals surface area contributed by atoms with Gasteiger partial charge in [-0.3, -0.25) is 14.5 Å². The number of hydrogen-bond acceptors (Lipinski definition) is 7. The van der Waals surface area contributed by atoms with Crippen LogP contribution in [-0.4, -0.2) is 78.1 Å².